The second-order valence-corrected chi connectivity index (χ2v) is 4.90. The Labute approximate surface area is 146 Å². The van der Waals surface area contributed by atoms with Gasteiger partial charge in [0.2, 0.25) is 5.91 Å². The van der Waals surface area contributed by atoms with Crippen LogP contribution in [0, 0.1) is 20.2 Å². The fraction of sp³-hybridized carbons (Fsp3) is 0.286. The molecule has 0 aliphatic rings. The number of aromatic nitrogens is 2. The SMILES string of the molecule is CCOc1ccc(NC(=O)Cn2cc([N+](=O)[O-])c(OC)n2)c([N+](=O)[O-])c1. The molecule has 0 fully saturated rings. The number of benzene rings is 1. The van der Waals surface area contributed by atoms with E-state index in [9.17, 15) is 25.0 Å². The van der Waals surface area contributed by atoms with Gasteiger partial charge in [0.05, 0.1) is 29.6 Å². The van der Waals surface area contributed by atoms with E-state index in [1.807, 2.05) is 0 Å². The van der Waals surface area contributed by atoms with E-state index < -0.39 is 28.0 Å². The van der Waals surface area contributed by atoms with Crippen molar-refractivity contribution >= 4 is 23.0 Å². The van der Waals surface area contributed by atoms with Gasteiger partial charge in [-0.05, 0) is 19.1 Å². The number of nitro groups is 2. The van der Waals surface area contributed by atoms with Crippen molar-refractivity contribution in [1.29, 1.82) is 0 Å². The van der Waals surface area contributed by atoms with Crippen LogP contribution in [0.4, 0.5) is 17.1 Å². The number of nitro benzene ring substituents is 1. The number of methoxy groups -OCH3 is 1. The minimum atomic E-state index is -0.697. The molecule has 2 aromatic rings. The Kier molecular flexibility index (Phi) is 5.67. The summed E-state index contributed by atoms with van der Waals surface area (Å²) in [5, 5.41) is 28.2. The highest BCUT2D eigenvalue weighted by Gasteiger charge is 2.22. The summed E-state index contributed by atoms with van der Waals surface area (Å²) in [6.45, 7) is 1.68. The highest BCUT2D eigenvalue weighted by molar-refractivity contribution is 5.93. The first-order valence-electron chi connectivity index (χ1n) is 7.32. The van der Waals surface area contributed by atoms with Crippen LogP contribution in [-0.2, 0) is 11.3 Å². The van der Waals surface area contributed by atoms with E-state index in [1.54, 1.807) is 6.92 Å². The van der Waals surface area contributed by atoms with E-state index in [1.165, 1.54) is 25.3 Å². The molecule has 0 radical (unpaired) electrons. The smallest absolute Gasteiger partial charge is 0.350 e. The number of nitrogens with one attached hydrogen (secondary N) is 1. The largest absolute Gasteiger partial charge is 0.494 e. The molecular weight excluding hydrogens is 350 g/mol. The molecule has 12 nitrogen and oxygen atoms in total. The maximum absolute atomic E-state index is 12.1. The second kappa shape index (κ2) is 7.92. The summed E-state index contributed by atoms with van der Waals surface area (Å²) in [5.74, 6) is -0.600. The lowest BCUT2D eigenvalue weighted by Crippen LogP contribution is -2.19. The van der Waals surface area contributed by atoms with Crippen molar-refractivity contribution in [3.63, 3.8) is 0 Å². The molecule has 1 aromatic carbocycles. The Hall–Kier alpha value is -3.70. The quantitative estimate of drug-likeness (QED) is 0.548. The van der Waals surface area contributed by atoms with E-state index in [0.29, 0.717) is 12.4 Å². The molecule has 1 aromatic heterocycles. The molecule has 2 rings (SSSR count). The van der Waals surface area contributed by atoms with Crippen molar-refractivity contribution in [2.24, 2.45) is 0 Å². The zero-order valence-electron chi connectivity index (χ0n) is 13.9. The maximum Gasteiger partial charge on any atom is 0.350 e. The third-order valence-electron chi connectivity index (χ3n) is 3.16. The molecular formula is C14H15N5O7. The summed E-state index contributed by atoms with van der Waals surface area (Å²) in [5.41, 5.74) is -0.766. The van der Waals surface area contributed by atoms with E-state index in [4.69, 9.17) is 9.47 Å². The van der Waals surface area contributed by atoms with Crippen molar-refractivity contribution in [3.8, 4) is 11.6 Å². The molecule has 138 valence electrons. The molecule has 0 atom stereocenters. The van der Waals surface area contributed by atoms with Crippen molar-refractivity contribution in [3.05, 3.63) is 44.6 Å². The molecule has 1 N–H and O–H groups in total. The predicted octanol–water partition coefficient (Wildman–Crippen LogP) is 1.75. The lowest BCUT2D eigenvalue weighted by molar-refractivity contribution is -0.385. The second-order valence-electron chi connectivity index (χ2n) is 4.90. The third-order valence-corrected chi connectivity index (χ3v) is 3.16. The Balaban J connectivity index is 2.17. The lowest BCUT2D eigenvalue weighted by atomic mass is 10.2. The summed E-state index contributed by atoms with van der Waals surface area (Å²) >= 11 is 0. The number of ether oxygens (including phenoxy) is 2. The van der Waals surface area contributed by atoms with Crippen LogP contribution in [0.25, 0.3) is 0 Å². The number of hydrogen-bond acceptors (Lipinski definition) is 8. The minimum Gasteiger partial charge on any atom is -0.494 e. The molecule has 0 saturated carbocycles. The van der Waals surface area contributed by atoms with E-state index in [-0.39, 0.29) is 17.3 Å². The Morgan fingerprint density at radius 2 is 1.96 bits per heavy atom. The van der Waals surface area contributed by atoms with Gasteiger partial charge in [0.25, 0.3) is 5.69 Å². The number of amides is 1. The summed E-state index contributed by atoms with van der Waals surface area (Å²) in [6, 6.07) is 4.02. The number of anilines is 1. The number of rotatable bonds is 8. The van der Waals surface area contributed by atoms with Gasteiger partial charge in [-0.15, -0.1) is 5.10 Å². The van der Waals surface area contributed by atoms with Crippen LogP contribution in [0.2, 0.25) is 0 Å². The fourth-order valence-electron chi connectivity index (χ4n) is 2.11. The number of carbonyl (C=O) groups is 1. The Bertz CT molecular complexity index is 848. The zero-order chi connectivity index (χ0) is 19.3. The summed E-state index contributed by atoms with van der Waals surface area (Å²) in [6.07, 6.45) is 1.03. The lowest BCUT2D eigenvalue weighted by Gasteiger charge is -2.08. The first kappa shape index (κ1) is 18.6. The highest BCUT2D eigenvalue weighted by atomic mass is 16.6. The standard InChI is InChI=1S/C14H15N5O7/c1-3-26-9-4-5-10(11(6-9)18(21)22)15-13(20)8-17-7-12(19(23)24)14(16-17)25-2/h4-7H,3,8H2,1-2H3,(H,15,20). The predicted molar refractivity (Wildman–Crippen MR) is 88.3 cm³/mol. The van der Waals surface area contributed by atoms with Gasteiger partial charge in [-0.2, -0.15) is 0 Å². The number of hydrogen-bond donors (Lipinski definition) is 1. The monoisotopic (exact) mass is 365 g/mol. The summed E-state index contributed by atoms with van der Waals surface area (Å²) < 4.78 is 11.0. The van der Waals surface area contributed by atoms with Crippen LogP contribution in [-0.4, -0.2) is 39.3 Å². The summed E-state index contributed by atoms with van der Waals surface area (Å²) in [7, 11) is 1.21. The Morgan fingerprint density at radius 1 is 1.27 bits per heavy atom. The average Bonchev–Trinajstić information content (AvgIpc) is 2.99. The van der Waals surface area contributed by atoms with Crippen molar-refractivity contribution in [2.75, 3.05) is 19.0 Å². The van der Waals surface area contributed by atoms with Crippen LogP contribution in [0.3, 0.4) is 0 Å². The van der Waals surface area contributed by atoms with E-state index in [0.717, 1.165) is 10.9 Å². The van der Waals surface area contributed by atoms with Gasteiger partial charge >= 0.3 is 11.6 Å². The van der Waals surface area contributed by atoms with Crippen LogP contribution in [0.15, 0.2) is 24.4 Å². The number of carbonyl (C=O) groups excluding carboxylic acids is 1. The van der Waals surface area contributed by atoms with E-state index in [2.05, 4.69) is 10.4 Å². The van der Waals surface area contributed by atoms with Crippen molar-refractivity contribution in [1.82, 2.24) is 9.78 Å². The van der Waals surface area contributed by atoms with Crippen molar-refractivity contribution < 1.29 is 24.1 Å². The van der Waals surface area contributed by atoms with Crippen molar-refractivity contribution in [2.45, 2.75) is 13.5 Å². The average molecular weight is 365 g/mol. The van der Waals surface area contributed by atoms with Gasteiger partial charge in [0, 0.05) is 0 Å². The fourth-order valence-corrected chi connectivity index (χ4v) is 2.11. The van der Waals surface area contributed by atoms with E-state index >= 15 is 0 Å². The molecule has 0 bridgehead atoms. The molecule has 26 heavy (non-hydrogen) atoms. The van der Waals surface area contributed by atoms with Gasteiger partial charge in [0.1, 0.15) is 24.2 Å². The van der Waals surface area contributed by atoms with Gasteiger partial charge in [-0.25, -0.2) is 0 Å². The summed E-state index contributed by atoms with van der Waals surface area (Å²) in [4.78, 5) is 32.8. The Morgan fingerprint density at radius 3 is 2.50 bits per heavy atom. The van der Waals surface area contributed by atoms with Crippen LogP contribution < -0.4 is 14.8 Å². The highest BCUT2D eigenvalue weighted by Crippen LogP contribution is 2.29. The normalized spacial score (nSPS) is 10.2. The van der Waals surface area contributed by atoms with Gasteiger partial charge in [-0.3, -0.25) is 29.7 Å². The molecule has 1 amide bonds. The van der Waals surface area contributed by atoms with Crippen LogP contribution in [0.1, 0.15) is 6.92 Å². The molecule has 0 spiro atoms. The van der Waals surface area contributed by atoms with Gasteiger partial charge in [0.15, 0.2) is 0 Å². The molecule has 0 aliphatic carbocycles. The minimum absolute atomic E-state index is 0.0305. The van der Waals surface area contributed by atoms with Crippen LogP contribution in [0.5, 0.6) is 11.6 Å². The van der Waals surface area contributed by atoms with Gasteiger partial charge in [-0.1, -0.05) is 0 Å². The molecule has 12 heteroatoms. The zero-order valence-corrected chi connectivity index (χ0v) is 13.9. The first-order chi connectivity index (χ1) is 12.3. The molecule has 0 saturated heterocycles. The maximum atomic E-state index is 12.1. The van der Waals surface area contributed by atoms with Crippen LogP contribution >= 0.6 is 0 Å². The molecule has 0 aliphatic heterocycles. The van der Waals surface area contributed by atoms with Gasteiger partial charge < -0.3 is 14.8 Å². The topological polar surface area (TPSA) is 152 Å². The first-order valence-corrected chi connectivity index (χ1v) is 7.32. The number of nitrogens with zero attached hydrogens (tertiary/aromatic N) is 4. The molecule has 0 unspecified atom stereocenters. The molecule has 1 heterocycles. The third kappa shape index (κ3) is 4.23.